The van der Waals surface area contributed by atoms with Crippen molar-refractivity contribution in [3.63, 3.8) is 0 Å². The molecule has 0 radical (unpaired) electrons. The molecule has 1 aromatic heterocycles. The summed E-state index contributed by atoms with van der Waals surface area (Å²) in [5.74, 6) is 0. The molecule has 0 aromatic carbocycles. The predicted molar refractivity (Wildman–Crippen MR) is 46.2 cm³/mol. The fraction of sp³-hybridized carbons (Fsp3) is 0.714. The van der Waals surface area contributed by atoms with Crippen molar-refractivity contribution >= 4 is 11.5 Å². The van der Waals surface area contributed by atoms with Gasteiger partial charge in [0.25, 0.3) is 0 Å². The number of methoxy groups -OCH3 is 1. The molecule has 0 saturated carbocycles. The molecule has 2 rings (SSSR count). The van der Waals surface area contributed by atoms with Crippen LogP contribution in [0.15, 0.2) is 5.38 Å². The molecule has 0 bridgehead atoms. The van der Waals surface area contributed by atoms with E-state index in [1.54, 1.807) is 7.11 Å². The molecule has 2 heterocycles. The maximum atomic E-state index is 5.42. The van der Waals surface area contributed by atoms with Gasteiger partial charge in [-0.05, 0) is 11.5 Å². The number of nitrogens with one attached hydrogen (secondary N) is 1. The molecule has 5 heteroatoms. The van der Waals surface area contributed by atoms with E-state index in [4.69, 9.17) is 4.74 Å². The van der Waals surface area contributed by atoms with E-state index >= 15 is 0 Å². The smallest absolute Gasteiger partial charge is 0.0982 e. The Balaban J connectivity index is 2.01. The van der Waals surface area contributed by atoms with Crippen LogP contribution in [0.1, 0.15) is 5.69 Å². The highest BCUT2D eigenvalue weighted by Gasteiger charge is 2.37. The second kappa shape index (κ2) is 3.08. The van der Waals surface area contributed by atoms with E-state index in [0.717, 1.165) is 25.2 Å². The van der Waals surface area contributed by atoms with Gasteiger partial charge in [-0.2, -0.15) is 0 Å². The first-order valence-corrected chi connectivity index (χ1v) is 4.70. The molecule has 4 nitrogen and oxygen atoms in total. The molecular formula is C7H11N3OS. The normalized spacial score (nSPS) is 20.4. The van der Waals surface area contributed by atoms with E-state index in [1.807, 2.05) is 5.38 Å². The lowest BCUT2D eigenvalue weighted by atomic mass is 9.91. The minimum atomic E-state index is -0.0181. The Hall–Kier alpha value is -0.520. The highest BCUT2D eigenvalue weighted by Crippen LogP contribution is 2.20. The first-order chi connectivity index (χ1) is 5.85. The summed E-state index contributed by atoms with van der Waals surface area (Å²) in [5, 5.41) is 9.16. The largest absolute Gasteiger partial charge is 0.375 e. The van der Waals surface area contributed by atoms with Crippen molar-refractivity contribution in [2.24, 2.45) is 0 Å². The Morgan fingerprint density at radius 2 is 2.58 bits per heavy atom. The maximum absolute atomic E-state index is 5.42. The fourth-order valence-corrected chi connectivity index (χ4v) is 1.79. The van der Waals surface area contributed by atoms with E-state index in [9.17, 15) is 0 Å². The number of nitrogens with zero attached hydrogens (tertiary/aromatic N) is 2. The van der Waals surface area contributed by atoms with Crippen molar-refractivity contribution in [1.29, 1.82) is 0 Å². The number of hydrogen-bond donors (Lipinski definition) is 1. The van der Waals surface area contributed by atoms with Gasteiger partial charge in [-0.1, -0.05) is 4.49 Å². The summed E-state index contributed by atoms with van der Waals surface area (Å²) < 4.78 is 9.24. The van der Waals surface area contributed by atoms with Crippen molar-refractivity contribution in [3.8, 4) is 0 Å². The Morgan fingerprint density at radius 1 is 1.75 bits per heavy atom. The van der Waals surface area contributed by atoms with Gasteiger partial charge >= 0.3 is 0 Å². The van der Waals surface area contributed by atoms with E-state index < -0.39 is 0 Å². The number of ether oxygens (including phenoxy) is 1. The van der Waals surface area contributed by atoms with Crippen LogP contribution in [0.25, 0.3) is 0 Å². The average molecular weight is 185 g/mol. The van der Waals surface area contributed by atoms with Gasteiger partial charge in [0.1, 0.15) is 0 Å². The monoisotopic (exact) mass is 185 g/mol. The Bertz CT molecular complexity index is 240. The predicted octanol–water partition coefficient (Wildman–Crippen LogP) is 0.0690. The first kappa shape index (κ1) is 8.10. The van der Waals surface area contributed by atoms with Crippen LogP contribution in [0.2, 0.25) is 0 Å². The first-order valence-electron chi connectivity index (χ1n) is 3.86. The molecule has 1 aliphatic rings. The number of aromatic nitrogens is 2. The summed E-state index contributed by atoms with van der Waals surface area (Å²) in [6, 6.07) is 0. The maximum Gasteiger partial charge on any atom is 0.0982 e. The van der Waals surface area contributed by atoms with Crippen molar-refractivity contribution < 1.29 is 4.74 Å². The second-order valence-corrected chi connectivity index (χ2v) is 3.67. The summed E-state index contributed by atoms with van der Waals surface area (Å²) in [4.78, 5) is 0. The van der Waals surface area contributed by atoms with Crippen LogP contribution >= 0.6 is 11.5 Å². The lowest BCUT2D eigenvalue weighted by Gasteiger charge is -2.40. The molecule has 0 unspecified atom stereocenters. The molecule has 1 N–H and O–H groups in total. The average Bonchev–Trinajstić information content (AvgIpc) is 2.49. The van der Waals surface area contributed by atoms with Gasteiger partial charge in [0.05, 0.1) is 11.3 Å². The van der Waals surface area contributed by atoms with Gasteiger partial charge in [0, 0.05) is 32.0 Å². The zero-order chi connectivity index (χ0) is 8.44. The second-order valence-electron chi connectivity index (χ2n) is 3.06. The molecule has 1 aromatic rings. The molecule has 0 aliphatic carbocycles. The molecule has 0 atom stereocenters. The van der Waals surface area contributed by atoms with Gasteiger partial charge in [0.2, 0.25) is 0 Å². The van der Waals surface area contributed by atoms with Crippen molar-refractivity contribution in [1.82, 2.24) is 14.9 Å². The summed E-state index contributed by atoms with van der Waals surface area (Å²) in [6.07, 6.45) is 0.868. The van der Waals surface area contributed by atoms with Crippen LogP contribution < -0.4 is 5.32 Å². The van der Waals surface area contributed by atoms with E-state index in [-0.39, 0.29) is 5.60 Å². The van der Waals surface area contributed by atoms with Crippen molar-refractivity contribution in [3.05, 3.63) is 11.1 Å². The third kappa shape index (κ3) is 1.35. The summed E-state index contributed by atoms with van der Waals surface area (Å²) in [7, 11) is 1.75. The van der Waals surface area contributed by atoms with Gasteiger partial charge in [-0.15, -0.1) is 5.10 Å². The van der Waals surface area contributed by atoms with Crippen LogP contribution in [0.3, 0.4) is 0 Å². The molecule has 0 amide bonds. The lowest BCUT2D eigenvalue weighted by Crippen LogP contribution is -2.61. The van der Waals surface area contributed by atoms with Crippen LogP contribution in [0.5, 0.6) is 0 Å². The lowest BCUT2D eigenvalue weighted by molar-refractivity contribution is -0.0508. The zero-order valence-corrected chi connectivity index (χ0v) is 7.73. The van der Waals surface area contributed by atoms with Crippen LogP contribution in [-0.2, 0) is 11.2 Å². The van der Waals surface area contributed by atoms with E-state index in [2.05, 4.69) is 14.9 Å². The summed E-state index contributed by atoms with van der Waals surface area (Å²) in [5.41, 5.74) is 1.01. The Morgan fingerprint density at radius 3 is 3.00 bits per heavy atom. The fourth-order valence-electron chi connectivity index (χ4n) is 1.34. The zero-order valence-electron chi connectivity index (χ0n) is 6.91. The van der Waals surface area contributed by atoms with Crippen LogP contribution in [-0.4, -0.2) is 35.4 Å². The molecule has 1 fully saturated rings. The third-order valence-corrected chi connectivity index (χ3v) is 2.79. The number of hydrogen-bond acceptors (Lipinski definition) is 5. The molecule has 1 aliphatic heterocycles. The Kier molecular flexibility index (Phi) is 2.08. The van der Waals surface area contributed by atoms with Crippen molar-refractivity contribution in [2.75, 3.05) is 20.2 Å². The van der Waals surface area contributed by atoms with Crippen molar-refractivity contribution in [2.45, 2.75) is 12.0 Å². The third-order valence-electron chi connectivity index (χ3n) is 2.24. The SMILES string of the molecule is COC1(Cc2csnn2)CNC1. The standard InChI is InChI=1S/C7H11N3OS/c1-11-7(4-8-5-7)2-6-3-12-10-9-6/h3,8H,2,4-5H2,1H3. The van der Waals surface area contributed by atoms with Crippen LogP contribution in [0, 0.1) is 0 Å². The highest BCUT2D eigenvalue weighted by atomic mass is 32.1. The van der Waals surface area contributed by atoms with Gasteiger partial charge in [-0.3, -0.25) is 0 Å². The number of rotatable bonds is 3. The Labute approximate surface area is 75.1 Å². The molecular weight excluding hydrogens is 174 g/mol. The summed E-state index contributed by atoms with van der Waals surface area (Å²) >= 11 is 1.39. The summed E-state index contributed by atoms with van der Waals surface area (Å²) in [6.45, 7) is 1.84. The van der Waals surface area contributed by atoms with Crippen LogP contribution in [0.4, 0.5) is 0 Å². The minimum absolute atomic E-state index is 0.0181. The topological polar surface area (TPSA) is 47.0 Å². The molecule has 12 heavy (non-hydrogen) atoms. The quantitative estimate of drug-likeness (QED) is 0.724. The molecule has 0 spiro atoms. The molecule has 1 saturated heterocycles. The van der Waals surface area contributed by atoms with Gasteiger partial charge < -0.3 is 10.1 Å². The minimum Gasteiger partial charge on any atom is -0.375 e. The van der Waals surface area contributed by atoms with E-state index in [0.29, 0.717) is 0 Å². The highest BCUT2D eigenvalue weighted by molar-refractivity contribution is 7.03. The van der Waals surface area contributed by atoms with E-state index in [1.165, 1.54) is 11.5 Å². The van der Waals surface area contributed by atoms with Gasteiger partial charge in [0.15, 0.2) is 0 Å². The van der Waals surface area contributed by atoms with Gasteiger partial charge in [-0.25, -0.2) is 0 Å². The molecule has 66 valence electrons.